The molecule has 0 aliphatic carbocycles. The molecule has 0 amide bonds. The van der Waals surface area contributed by atoms with Crippen LogP contribution >= 0.6 is 0 Å². The maximum absolute atomic E-state index is 13.5. The first kappa shape index (κ1) is 18.7. The van der Waals surface area contributed by atoms with Crippen molar-refractivity contribution >= 4 is 34.6 Å². The average Bonchev–Trinajstić information content (AvgIpc) is 2.49. The molecule has 0 saturated heterocycles. The highest BCUT2D eigenvalue weighted by atomic mass is 19.4. The number of fused-ring (bicyclic) bond motifs is 1. The van der Waals surface area contributed by atoms with E-state index in [2.05, 4.69) is 0 Å². The number of carboxylic acids is 4. The van der Waals surface area contributed by atoms with Gasteiger partial charge in [0.05, 0.1) is 27.8 Å². The highest BCUT2D eigenvalue weighted by Gasteiger charge is 2.41. The van der Waals surface area contributed by atoms with Gasteiger partial charge in [-0.2, -0.15) is 13.2 Å². The second-order valence-corrected chi connectivity index (χ2v) is 4.98. The predicted molar refractivity (Wildman–Crippen MR) is 76.8 cm³/mol. The monoisotopic (exact) mass is 372 g/mol. The molecule has 0 saturated carbocycles. The summed E-state index contributed by atoms with van der Waals surface area (Å²) in [5.74, 6) is -7.92. The van der Waals surface area contributed by atoms with E-state index in [1.54, 1.807) is 0 Å². The van der Waals surface area contributed by atoms with Gasteiger partial charge in [0.15, 0.2) is 0 Å². The lowest BCUT2D eigenvalue weighted by Gasteiger charge is -2.17. The number of hydrogen-bond donors (Lipinski definition) is 4. The van der Waals surface area contributed by atoms with Gasteiger partial charge in [0.2, 0.25) is 0 Å². The van der Waals surface area contributed by atoms with Gasteiger partial charge in [-0.25, -0.2) is 19.2 Å². The van der Waals surface area contributed by atoms with Crippen LogP contribution in [0.5, 0.6) is 0 Å². The molecule has 0 radical (unpaired) electrons. The van der Waals surface area contributed by atoms with Crippen LogP contribution in [0.1, 0.15) is 47.0 Å². The number of benzene rings is 2. The quantitative estimate of drug-likeness (QED) is 0.640. The summed E-state index contributed by atoms with van der Waals surface area (Å²) in [6.07, 6.45) is -5.35. The van der Waals surface area contributed by atoms with Crippen molar-refractivity contribution in [1.29, 1.82) is 0 Å². The van der Waals surface area contributed by atoms with Gasteiger partial charge < -0.3 is 20.4 Å². The van der Waals surface area contributed by atoms with Crippen molar-refractivity contribution in [1.82, 2.24) is 0 Å². The molecule has 0 unspecified atom stereocenters. The standard InChI is InChI=1S/C15H7F3O8/c16-15(17,18)10-4-1-2-5(11(19)20)8(13(23)24)6(4)3-7(12(21)22)9(10)14(25)26/h1-3H,(H,19,20)(H,21,22)(H,23,24)(H,25,26). The van der Waals surface area contributed by atoms with Crippen LogP contribution in [0.3, 0.4) is 0 Å². The Balaban J connectivity index is 3.25. The Labute approximate surface area is 140 Å². The highest BCUT2D eigenvalue weighted by Crippen LogP contribution is 2.40. The summed E-state index contributed by atoms with van der Waals surface area (Å²) in [5.41, 5.74) is -6.73. The van der Waals surface area contributed by atoms with E-state index in [9.17, 15) is 37.5 Å². The lowest BCUT2D eigenvalue weighted by Crippen LogP contribution is -2.20. The molecule has 136 valence electrons. The molecule has 11 heteroatoms. The fraction of sp³-hybridized carbons (Fsp3) is 0.0667. The van der Waals surface area contributed by atoms with Crippen LogP contribution in [-0.4, -0.2) is 44.3 Å². The maximum atomic E-state index is 13.5. The predicted octanol–water partition coefficient (Wildman–Crippen LogP) is 2.65. The summed E-state index contributed by atoms with van der Waals surface area (Å²) in [7, 11) is 0. The maximum Gasteiger partial charge on any atom is 0.417 e. The lowest BCUT2D eigenvalue weighted by atomic mass is 9.89. The molecule has 0 bridgehead atoms. The zero-order valence-electron chi connectivity index (χ0n) is 12.3. The van der Waals surface area contributed by atoms with Crippen molar-refractivity contribution in [2.75, 3.05) is 0 Å². The molecular formula is C15H7F3O8. The second-order valence-electron chi connectivity index (χ2n) is 4.98. The van der Waals surface area contributed by atoms with Crippen molar-refractivity contribution in [2.24, 2.45) is 0 Å². The first-order chi connectivity index (χ1) is 11.9. The number of carboxylic acid groups (broad SMARTS) is 4. The van der Waals surface area contributed by atoms with Crippen molar-refractivity contribution < 1.29 is 52.8 Å². The van der Waals surface area contributed by atoms with Crippen LogP contribution in [0.2, 0.25) is 0 Å². The van der Waals surface area contributed by atoms with Gasteiger partial charge in [0.25, 0.3) is 0 Å². The molecule has 0 aromatic heterocycles. The van der Waals surface area contributed by atoms with Crippen molar-refractivity contribution in [3.05, 3.63) is 46.0 Å². The fourth-order valence-electron chi connectivity index (χ4n) is 2.57. The zero-order chi connectivity index (χ0) is 20.0. The summed E-state index contributed by atoms with van der Waals surface area (Å²) >= 11 is 0. The van der Waals surface area contributed by atoms with E-state index >= 15 is 0 Å². The van der Waals surface area contributed by atoms with E-state index in [0.29, 0.717) is 18.2 Å². The lowest BCUT2D eigenvalue weighted by molar-refractivity contribution is -0.136. The van der Waals surface area contributed by atoms with Crippen LogP contribution in [0.15, 0.2) is 18.2 Å². The molecule has 0 heterocycles. The summed E-state index contributed by atoms with van der Waals surface area (Å²) in [6, 6.07) is 1.58. The van der Waals surface area contributed by atoms with E-state index in [1.807, 2.05) is 0 Å². The largest absolute Gasteiger partial charge is 0.478 e. The van der Waals surface area contributed by atoms with E-state index in [1.165, 1.54) is 0 Å². The molecule has 0 atom stereocenters. The average molecular weight is 372 g/mol. The Hall–Kier alpha value is -3.63. The molecule has 0 aliphatic rings. The minimum absolute atomic E-state index is 0.409. The molecule has 0 fully saturated rings. The minimum Gasteiger partial charge on any atom is -0.478 e. The Kier molecular flexibility index (Phi) is 4.33. The van der Waals surface area contributed by atoms with E-state index in [-0.39, 0.29) is 0 Å². The van der Waals surface area contributed by atoms with E-state index in [4.69, 9.17) is 15.3 Å². The van der Waals surface area contributed by atoms with E-state index in [0.717, 1.165) is 0 Å². The Morgan fingerprint density at radius 2 is 1.19 bits per heavy atom. The molecular weight excluding hydrogens is 365 g/mol. The Bertz CT molecular complexity index is 991. The fourth-order valence-corrected chi connectivity index (χ4v) is 2.57. The molecule has 4 N–H and O–H groups in total. The highest BCUT2D eigenvalue weighted by molar-refractivity contribution is 6.16. The smallest absolute Gasteiger partial charge is 0.417 e. The summed E-state index contributed by atoms with van der Waals surface area (Å²) in [5, 5.41) is 34.6. The Morgan fingerprint density at radius 3 is 1.58 bits per heavy atom. The van der Waals surface area contributed by atoms with Gasteiger partial charge in [-0.1, -0.05) is 6.07 Å². The molecule has 2 rings (SSSR count). The number of alkyl halides is 3. The molecule has 26 heavy (non-hydrogen) atoms. The van der Waals surface area contributed by atoms with Crippen LogP contribution < -0.4 is 0 Å². The summed E-state index contributed by atoms with van der Waals surface area (Å²) in [6.45, 7) is 0. The SMILES string of the molecule is O=C(O)c1cc2c(C(=O)O)c(C(=O)O)ccc2c(C(F)(F)F)c1C(=O)O. The summed E-state index contributed by atoms with van der Waals surface area (Å²) < 4.78 is 40.4. The third-order valence-electron chi connectivity index (χ3n) is 3.49. The first-order valence-corrected chi connectivity index (χ1v) is 6.52. The van der Waals surface area contributed by atoms with E-state index < -0.39 is 68.6 Å². The second kappa shape index (κ2) is 6.02. The third kappa shape index (κ3) is 2.90. The molecule has 2 aromatic rings. The Morgan fingerprint density at radius 1 is 0.692 bits per heavy atom. The van der Waals surface area contributed by atoms with Gasteiger partial charge in [0, 0.05) is 0 Å². The van der Waals surface area contributed by atoms with Gasteiger partial charge in [-0.15, -0.1) is 0 Å². The molecule has 0 spiro atoms. The topological polar surface area (TPSA) is 149 Å². The number of hydrogen-bond acceptors (Lipinski definition) is 4. The van der Waals surface area contributed by atoms with Gasteiger partial charge in [0.1, 0.15) is 0 Å². The van der Waals surface area contributed by atoms with Crippen LogP contribution in [0.4, 0.5) is 13.2 Å². The van der Waals surface area contributed by atoms with Crippen molar-refractivity contribution in [3.8, 4) is 0 Å². The molecule has 8 nitrogen and oxygen atoms in total. The van der Waals surface area contributed by atoms with Crippen LogP contribution in [0.25, 0.3) is 10.8 Å². The van der Waals surface area contributed by atoms with Crippen LogP contribution in [-0.2, 0) is 6.18 Å². The molecule has 2 aromatic carbocycles. The van der Waals surface area contributed by atoms with Crippen LogP contribution in [0, 0.1) is 0 Å². The van der Waals surface area contributed by atoms with Crippen molar-refractivity contribution in [3.63, 3.8) is 0 Å². The number of halogens is 3. The van der Waals surface area contributed by atoms with Gasteiger partial charge >= 0.3 is 30.1 Å². The van der Waals surface area contributed by atoms with Crippen molar-refractivity contribution in [2.45, 2.75) is 6.18 Å². The molecule has 0 aliphatic heterocycles. The number of rotatable bonds is 4. The number of aromatic carboxylic acids is 4. The first-order valence-electron chi connectivity index (χ1n) is 6.52. The van der Waals surface area contributed by atoms with Gasteiger partial charge in [-0.3, -0.25) is 0 Å². The normalized spacial score (nSPS) is 11.3. The van der Waals surface area contributed by atoms with Gasteiger partial charge in [-0.05, 0) is 22.9 Å². The summed E-state index contributed by atoms with van der Waals surface area (Å²) in [4.78, 5) is 45.1. The third-order valence-corrected chi connectivity index (χ3v) is 3.49. The minimum atomic E-state index is -5.35. The zero-order valence-corrected chi connectivity index (χ0v) is 12.3. The number of carbonyl (C=O) groups is 4.